The monoisotopic (exact) mass is 269 g/mol. The molecule has 0 aromatic heterocycles. The van der Waals surface area contributed by atoms with Crippen LogP contribution in [0, 0.1) is 10.1 Å². The van der Waals surface area contributed by atoms with Crippen molar-refractivity contribution in [2.45, 2.75) is 12.8 Å². The van der Waals surface area contributed by atoms with E-state index >= 15 is 0 Å². The van der Waals surface area contributed by atoms with Gasteiger partial charge in [0.25, 0.3) is 6.20 Å². The van der Waals surface area contributed by atoms with Gasteiger partial charge in [-0.15, -0.1) is 23.5 Å². The van der Waals surface area contributed by atoms with E-state index in [0.717, 1.165) is 29.0 Å². The fraction of sp³-hybridized carbons (Fsp3) is 0.333. The lowest BCUT2D eigenvalue weighted by atomic mass is 10.1. The number of nitro groups is 1. The van der Waals surface area contributed by atoms with Crippen LogP contribution in [0.4, 0.5) is 0 Å². The zero-order valence-electron chi connectivity index (χ0n) is 9.67. The lowest BCUT2D eigenvalue weighted by molar-refractivity contribution is -0.402. The average Bonchev–Trinajstić information content (AvgIpc) is 2.34. The van der Waals surface area contributed by atoms with Crippen LogP contribution in [0.1, 0.15) is 12.0 Å². The second kappa shape index (κ2) is 8.20. The number of hydrogen-bond acceptors (Lipinski definition) is 4. The SMILES string of the molecule is CS/C(=C/[N+](=O)[O-])SCCCc1ccccc1. The van der Waals surface area contributed by atoms with Crippen LogP contribution in [-0.2, 0) is 6.42 Å². The second-order valence-corrected chi connectivity index (χ2v) is 5.62. The van der Waals surface area contributed by atoms with Crippen molar-refractivity contribution in [3.8, 4) is 0 Å². The molecule has 0 bridgehead atoms. The number of hydrogen-bond donors (Lipinski definition) is 0. The first-order valence-electron chi connectivity index (χ1n) is 5.28. The van der Waals surface area contributed by atoms with E-state index in [9.17, 15) is 10.1 Å². The lowest BCUT2D eigenvalue weighted by Crippen LogP contribution is -1.89. The molecule has 0 saturated carbocycles. The minimum absolute atomic E-state index is 0.393. The summed E-state index contributed by atoms with van der Waals surface area (Å²) in [6.45, 7) is 0. The maximum atomic E-state index is 10.3. The summed E-state index contributed by atoms with van der Waals surface area (Å²) in [5, 5.41) is 10.3. The number of rotatable bonds is 7. The third-order valence-corrected chi connectivity index (χ3v) is 4.35. The molecule has 0 saturated heterocycles. The van der Waals surface area contributed by atoms with Crippen LogP contribution in [0.3, 0.4) is 0 Å². The van der Waals surface area contributed by atoms with E-state index in [2.05, 4.69) is 12.1 Å². The van der Waals surface area contributed by atoms with Crippen molar-refractivity contribution < 1.29 is 4.92 Å². The van der Waals surface area contributed by atoms with Gasteiger partial charge in [0.1, 0.15) is 4.24 Å². The molecule has 1 aromatic carbocycles. The molecule has 17 heavy (non-hydrogen) atoms. The number of benzene rings is 1. The molecule has 0 aliphatic heterocycles. The molecule has 0 atom stereocenters. The van der Waals surface area contributed by atoms with E-state index in [1.165, 1.54) is 17.3 Å². The first-order valence-corrected chi connectivity index (χ1v) is 7.49. The summed E-state index contributed by atoms with van der Waals surface area (Å²) in [5.41, 5.74) is 1.32. The van der Waals surface area contributed by atoms with Crippen molar-refractivity contribution in [3.05, 3.63) is 56.4 Å². The molecule has 92 valence electrons. The summed E-state index contributed by atoms with van der Waals surface area (Å²) in [6, 6.07) is 10.3. The Morgan fingerprint density at radius 3 is 2.71 bits per heavy atom. The standard InChI is InChI=1S/C12H15NO2S2/c1-16-12(10-13(14)15)17-9-5-8-11-6-3-2-4-7-11/h2-4,6-7,10H,5,8-9H2,1H3/b12-10-. The molecule has 0 heterocycles. The highest BCUT2D eigenvalue weighted by molar-refractivity contribution is 8.21. The van der Waals surface area contributed by atoms with Gasteiger partial charge in [0.05, 0.1) is 4.92 Å². The van der Waals surface area contributed by atoms with E-state index in [4.69, 9.17) is 0 Å². The van der Waals surface area contributed by atoms with Gasteiger partial charge >= 0.3 is 0 Å². The van der Waals surface area contributed by atoms with Crippen molar-refractivity contribution in [2.24, 2.45) is 0 Å². The van der Waals surface area contributed by atoms with Gasteiger partial charge in [-0.1, -0.05) is 30.3 Å². The highest BCUT2D eigenvalue weighted by Gasteiger charge is 2.02. The third kappa shape index (κ3) is 6.38. The Kier molecular flexibility index (Phi) is 6.81. The molecule has 0 N–H and O–H groups in total. The molecule has 5 heteroatoms. The predicted octanol–water partition coefficient (Wildman–Crippen LogP) is 3.79. The van der Waals surface area contributed by atoms with Gasteiger partial charge in [0, 0.05) is 0 Å². The van der Waals surface area contributed by atoms with Crippen LogP contribution in [0.15, 0.2) is 40.8 Å². The van der Waals surface area contributed by atoms with E-state index in [1.54, 1.807) is 11.8 Å². The molecule has 0 radical (unpaired) electrons. The molecule has 3 nitrogen and oxygen atoms in total. The zero-order valence-corrected chi connectivity index (χ0v) is 11.3. The molecule has 1 rings (SSSR count). The fourth-order valence-electron chi connectivity index (χ4n) is 1.33. The molecule has 1 aromatic rings. The molecule has 0 aliphatic rings. The van der Waals surface area contributed by atoms with E-state index in [-0.39, 0.29) is 0 Å². The average molecular weight is 269 g/mol. The maximum absolute atomic E-state index is 10.3. The molecular weight excluding hydrogens is 254 g/mol. The van der Waals surface area contributed by atoms with Gasteiger partial charge < -0.3 is 0 Å². The minimum atomic E-state index is -0.393. The van der Waals surface area contributed by atoms with E-state index < -0.39 is 4.92 Å². The Bertz CT molecular complexity index is 379. The molecule has 0 unspecified atom stereocenters. The highest BCUT2D eigenvalue weighted by atomic mass is 32.2. The first kappa shape index (κ1) is 14.1. The fourth-order valence-corrected chi connectivity index (χ4v) is 2.89. The van der Waals surface area contributed by atoms with E-state index in [0.29, 0.717) is 0 Å². The van der Waals surface area contributed by atoms with Crippen LogP contribution in [0.5, 0.6) is 0 Å². The van der Waals surface area contributed by atoms with Crippen LogP contribution in [-0.4, -0.2) is 16.9 Å². The Labute approximate surface area is 110 Å². The van der Waals surface area contributed by atoms with Crippen molar-refractivity contribution >= 4 is 23.5 Å². The Morgan fingerprint density at radius 2 is 2.12 bits per heavy atom. The van der Waals surface area contributed by atoms with Gasteiger partial charge in [-0.2, -0.15) is 0 Å². The first-order chi connectivity index (χ1) is 8.22. The van der Waals surface area contributed by atoms with Gasteiger partial charge in [0.2, 0.25) is 0 Å². The number of aryl methyl sites for hydroxylation is 1. The van der Waals surface area contributed by atoms with Gasteiger partial charge in [-0.3, -0.25) is 10.1 Å². The van der Waals surface area contributed by atoms with Crippen LogP contribution < -0.4 is 0 Å². The van der Waals surface area contributed by atoms with E-state index in [1.807, 2.05) is 24.5 Å². The Hall–Kier alpha value is -0.940. The highest BCUT2D eigenvalue weighted by Crippen LogP contribution is 2.26. The second-order valence-electron chi connectivity index (χ2n) is 3.38. The Morgan fingerprint density at radius 1 is 1.41 bits per heavy atom. The third-order valence-electron chi connectivity index (χ3n) is 2.11. The Balaban J connectivity index is 2.26. The summed E-state index contributed by atoms with van der Waals surface area (Å²) < 4.78 is 0.767. The largest absolute Gasteiger partial charge is 0.259 e. The summed E-state index contributed by atoms with van der Waals surface area (Å²) in [5.74, 6) is 0.912. The van der Waals surface area contributed by atoms with Crippen LogP contribution in [0.2, 0.25) is 0 Å². The topological polar surface area (TPSA) is 43.1 Å². The normalized spacial score (nSPS) is 11.5. The van der Waals surface area contributed by atoms with Crippen molar-refractivity contribution in [1.29, 1.82) is 0 Å². The van der Waals surface area contributed by atoms with Crippen molar-refractivity contribution in [3.63, 3.8) is 0 Å². The zero-order chi connectivity index (χ0) is 12.5. The molecular formula is C12H15NO2S2. The smallest absolute Gasteiger partial charge is 0.254 e. The lowest BCUT2D eigenvalue weighted by Gasteiger charge is -2.02. The molecule has 0 spiro atoms. The van der Waals surface area contributed by atoms with Gasteiger partial charge in [-0.25, -0.2) is 0 Å². The van der Waals surface area contributed by atoms with Gasteiger partial charge in [-0.05, 0) is 30.4 Å². The molecule has 0 fully saturated rings. The summed E-state index contributed by atoms with van der Waals surface area (Å²) in [6.07, 6.45) is 5.00. The summed E-state index contributed by atoms with van der Waals surface area (Å²) >= 11 is 2.98. The summed E-state index contributed by atoms with van der Waals surface area (Å²) in [4.78, 5) is 9.93. The van der Waals surface area contributed by atoms with Crippen molar-refractivity contribution in [1.82, 2.24) is 0 Å². The molecule has 0 aliphatic carbocycles. The van der Waals surface area contributed by atoms with Crippen molar-refractivity contribution in [2.75, 3.05) is 12.0 Å². The summed E-state index contributed by atoms with van der Waals surface area (Å²) in [7, 11) is 0. The quantitative estimate of drug-likeness (QED) is 0.429. The van der Waals surface area contributed by atoms with Gasteiger partial charge in [0.15, 0.2) is 0 Å². The number of thioether (sulfide) groups is 2. The number of nitrogens with zero attached hydrogens (tertiary/aromatic N) is 1. The maximum Gasteiger partial charge on any atom is 0.254 e. The van der Waals surface area contributed by atoms with Crippen LogP contribution >= 0.6 is 23.5 Å². The minimum Gasteiger partial charge on any atom is -0.259 e. The predicted molar refractivity (Wildman–Crippen MR) is 75.8 cm³/mol. The van der Waals surface area contributed by atoms with Crippen LogP contribution in [0.25, 0.3) is 0 Å². The molecule has 0 amide bonds.